The Balaban J connectivity index is 2.00. The fourth-order valence-corrected chi connectivity index (χ4v) is 2.65. The molecule has 0 radical (unpaired) electrons. The van der Waals surface area contributed by atoms with Gasteiger partial charge in [0.1, 0.15) is 5.82 Å². The SMILES string of the molecule is O=C(c1ccc2c(c1)CNCC2)c1cc(F)ccc1Cl. The smallest absolute Gasteiger partial charge is 0.194 e. The molecule has 1 heterocycles. The van der Waals surface area contributed by atoms with Gasteiger partial charge in [0.15, 0.2) is 5.78 Å². The fourth-order valence-electron chi connectivity index (χ4n) is 2.45. The topological polar surface area (TPSA) is 29.1 Å². The van der Waals surface area contributed by atoms with Crippen LogP contribution in [0.1, 0.15) is 27.0 Å². The molecule has 102 valence electrons. The molecule has 0 unspecified atom stereocenters. The van der Waals surface area contributed by atoms with Crippen molar-refractivity contribution in [2.75, 3.05) is 6.54 Å². The van der Waals surface area contributed by atoms with Gasteiger partial charge in [0.05, 0.1) is 5.02 Å². The Bertz CT molecular complexity index is 684. The van der Waals surface area contributed by atoms with Gasteiger partial charge in [0.2, 0.25) is 0 Å². The summed E-state index contributed by atoms with van der Waals surface area (Å²) in [6.07, 6.45) is 0.963. The zero-order valence-corrected chi connectivity index (χ0v) is 11.5. The van der Waals surface area contributed by atoms with Gasteiger partial charge in [-0.1, -0.05) is 23.7 Å². The highest BCUT2D eigenvalue weighted by Crippen LogP contribution is 2.23. The largest absolute Gasteiger partial charge is 0.312 e. The third-order valence-corrected chi connectivity index (χ3v) is 3.86. The lowest BCUT2D eigenvalue weighted by Crippen LogP contribution is -2.23. The van der Waals surface area contributed by atoms with Gasteiger partial charge in [0, 0.05) is 17.7 Å². The summed E-state index contributed by atoms with van der Waals surface area (Å²) < 4.78 is 13.3. The van der Waals surface area contributed by atoms with E-state index < -0.39 is 5.82 Å². The van der Waals surface area contributed by atoms with E-state index in [9.17, 15) is 9.18 Å². The first-order valence-corrected chi connectivity index (χ1v) is 6.85. The molecule has 0 aromatic heterocycles. The second kappa shape index (κ2) is 5.35. The van der Waals surface area contributed by atoms with Gasteiger partial charge in [-0.3, -0.25) is 4.79 Å². The van der Waals surface area contributed by atoms with Crippen molar-refractivity contribution >= 4 is 17.4 Å². The second-order valence-corrected chi connectivity index (χ2v) is 5.27. The van der Waals surface area contributed by atoms with Crippen molar-refractivity contribution < 1.29 is 9.18 Å². The van der Waals surface area contributed by atoms with Gasteiger partial charge < -0.3 is 5.32 Å². The minimum Gasteiger partial charge on any atom is -0.312 e. The van der Waals surface area contributed by atoms with E-state index in [0.29, 0.717) is 5.56 Å². The van der Waals surface area contributed by atoms with Crippen LogP contribution in [0.3, 0.4) is 0 Å². The highest BCUT2D eigenvalue weighted by Gasteiger charge is 2.16. The normalized spacial score (nSPS) is 13.9. The van der Waals surface area contributed by atoms with Crippen LogP contribution in [0.2, 0.25) is 5.02 Å². The second-order valence-electron chi connectivity index (χ2n) is 4.86. The summed E-state index contributed by atoms with van der Waals surface area (Å²) in [4.78, 5) is 12.4. The number of benzene rings is 2. The Kier molecular flexibility index (Phi) is 3.55. The monoisotopic (exact) mass is 289 g/mol. The molecule has 1 aliphatic heterocycles. The van der Waals surface area contributed by atoms with Crippen molar-refractivity contribution in [1.82, 2.24) is 5.32 Å². The summed E-state index contributed by atoms with van der Waals surface area (Å²) in [6, 6.07) is 9.46. The van der Waals surface area contributed by atoms with Crippen molar-refractivity contribution in [2.24, 2.45) is 0 Å². The van der Waals surface area contributed by atoms with Gasteiger partial charge >= 0.3 is 0 Å². The maximum Gasteiger partial charge on any atom is 0.194 e. The first-order valence-electron chi connectivity index (χ1n) is 6.47. The van der Waals surface area contributed by atoms with Gasteiger partial charge in [-0.05, 0) is 48.4 Å². The number of hydrogen-bond acceptors (Lipinski definition) is 2. The highest BCUT2D eigenvalue weighted by molar-refractivity contribution is 6.35. The van der Waals surface area contributed by atoms with E-state index in [0.717, 1.165) is 25.1 Å². The van der Waals surface area contributed by atoms with E-state index >= 15 is 0 Å². The molecule has 0 saturated heterocycles. The average Bonchev–Trinajstić information content (AvgIpc) is 2.48. The van der Waals surface area contributed by atoms with E-state index in [2.05, 4.69) is 5.32 Å². The molecule has 0 fully saturated rings. The summed E-state index contributed by atoms with van der Waals surface area (Å²) in [6.45, 7) is 1.71. The van der Waals surface area contributed by atoms with Gasteiger partial charge in [0.25, 0.3) is 0 Å². The molecule has 3 rings (SSSR count). The summed E-state index contributed by atoms with van der Waals surface area (Å²) in [7, 11) is 0. The summed E-state index contributed by atoms with van der Waals surface area (Å²) in [5.74, 6) is -0.708. The molecule has 20 heavy (non-hydrogen) atoms. The predicted octanol–water partition coefficient (Wildman–Crippen LogP) is 3.36. The number of carbonyl (C=O) groups excluding carboxylic acids is 1. The average molecular weight is 290 g/mol. The lowest BCUT2D eigenvalue weighted by atomic mass is 9.95. The summed E-state index contributed by atoms with van der Waals surface area (Å²) in [5.41, 5.74) is 3.12. The van der Waals surface area contributed by atoms with Crippen LogP contribution in [-0.2, 0) is 13.0 Å². The zero-order valence-electron chi connectivity index (χ0n) is 10.7. The van der Waals surface area contributed by atoms with Gasteiger partial charge in [-0.25, -0.2) is 4.39 Å². The van der Waals surface area contributed by atoms with Crippen LogP contribution in [0.4, 0.5) is 4.39 Å². The molecule has 2 aromatic carbocycles. The molecule has 2 nitrogen and oxygen atoms in total. The molecule has 0 spiro atoms. The molecule has 2 aromatic rings. The maximum absolute atomic E-state index is 13.3. The molecule has 1 N–H and O–H groups in total. The minimum atomic E-state index is -0.461. The van der Waals surface area contributed by atoms with E-state index in [1.54, 1.807) is 6.07 Å². The molecule has 0 amide bonds. The molecule has 0 atom stereocenters. The van der Waals surface area contributed by atoms with Crippen LogP contribution in [0.25, 0.3) is 0 Å². The Morgan fingerprint density at radius 3 is 2.85 bits per heavy atom. The van der Waals surface area contributed by atoms with E-state index in [1.165, 1.54) is 23.8 Å². The van der Waals surface area contributed by atoms with Gasteiger partial charge in [-0.15, -0.1) is 0 Å². The van der Waals surface area contributed by atoms with Crippen molar-refractivity contribution in [2.45, 2.75) is 13.0 Å². The summed E-state index contributed by atoms with van der Waals surface area (Å²) >= 11 is 5.98. The van der Waals surface area contributed by atoms with E-state index in [-0.39, 0.29) is 16.4 Å². The number of rotatable bonds is 2. The van der Waals surface area contributed by atoms with Crippen molar-refractivity contribution in [1.29, 1.82) is 0 Å². The summed E-state index contributed by atoms with van der Waals surface area (Å²) in [5, 5.41) is 3.54. The fraction of sp³-hybridized carbons (Fsp3) is 0.188. The molecule has 0 bridgehead atoms. The maximum atomic E-state index is 13.3. The van der Waals surface area contributed by atoms with E-state index in [4.69, 9.17) is 11.6 Å². The van der Waals surface area contributed by atoms with Crippen LogP contribution in [0, 0.1) is 5.82 Å². The molecule has 4 heteroatoms. The first kappa shape index (κ1) is 13.3. The standard InChI is InChI=1S/C16H13ClFNO/c17-15-4-3-13(18)8-14(15)16(20)11-2-1-10-5-6-19-9-12(10)7-11/h1-4,7-8,19H,5-6,9H2. The van der Waals surface area contributed by atoms with Crippen LogP contribution >= 0.6 is 11.6 Å². The van der Waals surface area contributed by atoms with Crippen molar-refractivity contribution in [3.8, 4) is 0 Å². The van der Waals surface area contributed by atoms with Crippen molar-refractivity contribution in [3.05, 3.63) is 69.5 Å². The lowest BCUT2D eigenvalue weighted by Gasteiger charge is -2.17. The first-order chi connectivity index (χ1) is 9.65. The number of ketones is 1. The Morgan fingerprint density at radius 2 is 2.00 bits per heavy atom. The number of hydrogen-bond donors (Lipinski definition) is 1. The number of nitrogens with one attached hydrogen (secondary N) is 1. The van der Waals surface area contributed by atoms with Crippen LogP contribution < -0.4 is 5.32 Å². The van der Waals surface area contributed by atoms with Crippen molar-refractivity contribution in [3.63, 3.8) is 0 Å². The third-order valence-electron chi connectivity index (χ3n) is 3.53. The van der Waals surface area contributed by atoms with Crippen LogP contribution in [0.5, 0.6) is 0 Å². The molecule has 1 aliphatic rings. The molecular formula is C16H13ClFNO. The number of fused-ring (bicyclic) bond motifs is 1. The lowest BCUT2D eigenvalue weighted by molar-refractivity contribution is 0.103. The molecular weight excluding hydrogens is 277 g/mol. The Morgan fingerprint density at radius 1 is 1.15 bits per heavy atom. The van der Waals surface area contributed by atoms with Crippen LogP contribution in [0.15, 0.2) is 36.4 Å². The van der Waals surface area contributed by atoms with Gasteiger partial charge in [-0.2, -0.15) is 0 Å². The third kappa shape index (κ3) is 2.47. The van der Waals surface area contributed by atoms with E-state index in [1.807, 2.05) is 12.1 Å². The predicted molar refractivity (Wildman–Crippen MR) is 76.7 cm³/mol. The minimum absolute atomic E-state index is 0.204. The quantitative estimate of drug-likeness (QED) is 0.859. The number of halogens is 2. The molecule has 0 saturated carbocycles. The zero-order chi connectivity index (χ0) is 14.1. The number of carbonyl (C=O) groups is 1. The van der Waals surface area contributed by atoms with Crippen LogP contribution in [-0.4, -0.2) is 12.3 Å². The highest BCUT2D eigenvalue weighted by atomic mass is 35.5. The Hall–Kier alpha value is -1.71. The Labute approximate surface area is 121 Å². The molecule has 0 aliphatic carbocycles.